The Hall–Kier alpha value is -1.99. The maximum Gasteiger partial charge on any atom is 0.235 e. The van der Waals surface area contributed by atoms with Crippen molar-refractivity contribution in [1.82, 2.24) is 10.3 Å². The summed E-state index contributed by atoms with van der Waals surface area (Å²) in [6, 6.07) is 7.83. The summed E-state index contributed by atoms with van der Waals surface area (Å²) in [7, 11) is 0. The molecule has 1 aromatic carbocycles. The number of nitrogens with zero attached hydrogens (tertiary/aromatic N) is 2. The maximum atomic E-state index is 11.9. The van der Waals surface area contributed by atoms with Gasteiger partial charge in [-0.3, -0.25) is 9.79 Å². The van der Waals surface area contributed by atoms with Crippen LogP contribution in [0.25, 0.3) is 10.2 Å². The van der Waals surface area contributed by atoms with Crippen LogP contribution in [-0.2, 0) is 4.79 Å². The lowest BCUT2D eigenvalue weighted by Gasteiger charge is -2.21. The number of amidine groups is 1. The molecule has 6 nitrogen and oxygen atoms in total. The lowest BCUT2D eigenvalue weighted by Crippen LogP contribution is -2.38. The van der Waals surface area contributed by atoms with E-state index in [0.717, 1.165) is 36.1 Å². The summed E-state index contributed by atoms with van der Waals surface area (Å²) in [6.07, 6.45) is 2.03. The third kappa shape index (κ3) is 3.10. The molecule has 116 valence electrons. The van der Waals surface area contributed by atoms with Crippen LogP contribution in [0, 0.1) is 0 Å². The Balaban J connectivity index is 1.91. The minimum absolute atomic E-state index is 0.102. The van der Waals surface area contributed by atoms with Gasteiger partial charge < -0.3 is 16.8 Å². The molecule has 1 amide bonds. The smallest absolute Gasteiger partial charge is 0.235 e. The van der Waals surface area contributed by atoms with Crippen LogP contribution in [-0.4, -0.2) is 35.9 Å². The van der Waals surface area contributed by atoms with Crippen molar-refractivity contribution >= 4 is 33.3 Å². The van der Waals surface area contributed by atoms with Crippen molar-refractivity contribution in [3.05, 3.63) is 29.3 Å². The van der Waals surface area contributed by atoms with E-state index in [1.165, 1.54) is 11.3 Å². The number of primary amides is 1. The van der Waals surface area contributed by atoms with Crippen LogP contribution in [0.15, 0.2) is 29.3 Å². The number of piperidine rings is 1. The Bertz CT molecular complexity index is 672. The number of nitrogens with one attached hydrogen (secondary N) is 1. The van der Waals surface area contributed by atoms with E-state index in [1.807, 2.05) is 24.3 Å². The van der Waals surface area contributed by atoms with Crippen molar-refractivity contribution in [3.8, 4) is 0 Å². The Labute approximate surface area is 132 Å². The molecule has 2 aromatic rings. The summed E-state index contributed by atoms with van der Waals surface area (Å²) >= 11 is 1.44. The van der Waals surface area contributed by atoms with E-state index in [-0.39, 0.29) is 11.9 Å². The van der Waals surface area contributed by atoms with Crippen LogP contribution in [0.1, 0.15) is 23.8 Å². The molecule has 1 aliphatic heterocycles. The lowest BCUT2D eigenvalue weighted by molar-refractivity contribution is -0.118. The Morgan fingerprint density at radius 3 is 2.91 bits per heavy atom. The van der Waals surface area contributed by atoms with E-state index in [9.17, 15) is 4.79 Å². The number of para-hydroxylation sites is 1. The first kappa shape index (κ1) is 14.9. The number of aliphatic imine (C=N–C) groups is 1. The number of fused-ring (bicyclic) bond motifs is 1. The van der Waals surface area contributed by atoms with E-state index in [1.54, 1.807) is 0 Å². The molecule has 1 fully saturated rings. The molecular weight excluding hydrogens is 298 g/mol. The summed E-state index contributed by atoms with van der Waals surface area (Å²) in [5.41, 5.74) is 12.5. The number of thiazole rings is 1. The summed E-state index contributed by atoms with van der Waals surface area (Å²) in [5, 5.41) is 3.89. The topological polar surface area (TPSA) is 106 Å². The van der Waals surface area contributed by atoms with Gasteiger partial charge in [-0.25, -0.2) is 4.98 Å². The second kappa shape index (κ2) is 6.41. The van der Waals surface area contributed by atoms with Crippen LogP contribution < -0.4 is 16.8 Å². The van der Waals surface area contributed by atoms with E-state index in [0.29, 0.717) is 5.01 Å². The Kier molecular flexibility index (Phi) is 4.35. The number of benzene rings is 1. The fourth-order valence-electron chi connectivity index (χ4n) is 2.64. The average Bonchev–Trinajstić information content (AvgIpc) is 2.91. The molecule has 3 rings (SSSR count). The fraction of sp³-hybridized carbons (Fsp3) is 0.400. The average molecular weight is 317 g/mol. The van der Waals surface area contributed by atoms with Crippen molar-refractivity contribution in [2.24, 2.45) is 16.5 Å². The van der Waals surface area contributed by atoms with E-state index in [4.69, 9.17) is 11.5 Å². The number of nitrogens with two attached hydrogens (primary N) is 2. The SMILES string of the molecule is NC(=O)C(C(N)=NC1CCCNC1)c1nc2ccccc2s1. The highest BCUT2D eigenvalue weighted by atomic mass is 32.1. The Morgan fingerprint density at radius 2 is 2.23 bits per heavy atom. The van der Waals surface area contributed by atoms with Gasteiger partial charge in [0.2, 0.25) is 5.91 Å². The molecule has 2 heterocycles. The summed E-state index contributed by atoms with van der Waals surface area (Å²) in [4.78, 5) is 20.9. The van der Waals surface area contributed by atoms with Crippen LogP contribution in [0.3, 0.4) is 0 Å². The predicted octanol–water partition coefficient (Wildman–Crippen LogP) is 0.974. The van der Waals surface area contributed by atoms with Crippen LogP contribution in [0.2, 0.25) is 0 Å². The molecule has 0 radical (unpaired) electrons. The van der Waals surface area contributed by atoms with Crippen LogP contribution in [0.4, 0.5) is 0 Å². The summed E-state index contributed by atoms with van der Waals surface area (Å²) < 4.78 is 1.01. The first-order chi connectivity index (χ1) is 10.6. The minimum Gasteiger partial charge on any atom is -0.386 e. The number of hydrogen-bond donors (Lipinski definition) is 3. The summed E-state index contributed by atoms with van der Waals surface area (Å²) in [5.74, 6) is -0.997. The monoisotopic (exact) mass is 317 g/mol. The van der Waals surface area contributed by atoms with E-state index >= 15 is 0 Å². The molecule has 2 atom stereocenters. The third-order valence-electron chi connectivity index (χ3n) is 3.74. The largest absolute Gasteiger partial charge is 0.386 e. The normalized spacial score (nSPS) is 20.9. The molecule has 0 saturated carbocycles. The van der Waals surface area contributed by atoms with Gasteiger partial charge in [-0.2, -0.15) is 0 Å². The highest BCUT2D eigenvalue weighted by Gasteiger charge is 2.27. The van der Waals surface area contributed by atoms with Crippen molar-refractivity contribution in [3.63, 3.8) is 0 Å². The minimum atomic E-state index is -0.751. The van der Waals surface area contributed by atoms with Gasteiger partial charge in [0.25, 0.3) is 0 Å². The first-order valence-corrected chi connectivity index (χ1v) is 8.15. The van der Waals surface area contributed by atoms with Crippen molar-refractivity contribution in [1.29, 1.82) is 0 Å². The second-order valence-electron chi connectivity index (χ2n) is 5.41. The molecule has 7 heteroatoms. The zero-order chi connectivity index (χ0) is 15.5. The van der Waals surface area contributed by atoms with Crippen molar-refractivity contribution < 1.29 is 4.79 Å². The number of amides is 1. The molecule has 0 aliphatic carbocycles. The fourth-order valence-corrected chi connectivity index (χ4v) is 3.73. The van der Waals surface area contributed by atoms with E-state index in [2.05, 4.69) is 15.3 Å². The molecule has 22 heavy (non-hydrogen) atoms. The summed E-state index contributed by atoms with van der Waals surface area (Å²) in [6.45, 7) is 1.79. The van der Waals surface area contributed by atoms with Gasteiger partial charge in [0.05, 0.1) is 16.3 Å². The number of rotatable bonds is 4. The van der Waals surface area contributed by atoms with E-state index < -0.39 is 11.8 Å². The maximum absolute atomic E-state index is 11.9. The zero-order valence-electron chi connectivity index (χ0n) is 12.2. The molecule has 0 bridgehead atoms. The third-order valence-corrected chi connectivity index (χ3v) is 4.84. The molecule has 1 aliphatic rings. The number of hydrogen-bond acceptors (Lipinski definition) is 5. The molecule has 0 spiro atoms. The molecule has 1 saturated heterocycles. The van der Waals surface area contributed by atoms with Gasteiger partial charge in [-0.15, -0.1) is 11.3 Å². The van der Waals surface area contributed by atoms with Gasteiger partial charge in [-0.05, 0) is 31.5 Å². The molecule has 2 unspecified atom stereocenters. The van der Waals surface area contributed by atoms with Crippen molar-refractivity contribution in [2.45, 2.75) is 24.8 Å². The number of carbonyl (C=O) groups is 1. The predicted molar refractivity (Wildman–Crippen MR) is 89.1 cm³/mol. The van der Waals surface area contributed by atoms with Gasteiger partial charge in [-0.1, -0.05) is 12.1 Å². The second-order valence-corrected chi connectivity index (χ2v) is 6.47. The number of carbonyl (C=O) groups excluding carboxylic acids is 1. The first-order valence-electron chi connectivity index (χ1n) is 7.34. The molecular formula is C15H19N5OS. The highest BCUT2D eigenvalue weighted by Crippen LogP contribution is 2.28. The molecule has 1 aromatic heterocycles. The number of aromatic nitrogens is 1. The Morgan fingerprint density at radius 1 is 1.41 bits per heavy atom. The van der Waals surface area contributed by atoms with Crippen molar-refractivity contribution in [2.75, 3.05) is 13.1 Å². The van der Waals surface area contributed by atoms with Gasteiger partial charge in [0.15, 0.2) is 0 Å². The zero-order valence-corrected chi connectivity index (χ0v) is 13.0. The van der Waals surface area contributed by atoms with Gasteiger partial charge in [0, 0.05) is 6.54 Å². The lowest BCUT2D eigenvalue weighted by atomic mass is 10.1. The van der Waals surface area contributed by atoms with Gasteiger partial charge in [0.1, 0.15) is 16.8 Å². The van der Waals surface area contributed by atoms with Crippen LogP contribution in [0.5, 0.6) is 0 Å². The molecule has 5 N–H and O–H groups in total. The highest BCUT2D eigenvalue weighted by molar-refractivity contribution is 7.18. The quantitative estimate of drug-likeness (QED) is 0.577. The van der Waals surface area contributed by atoms with Crippen LogP contribution >= 0.6 is 11.3 Å². The van der Waals surface area contributed by atoms with Gasteiger partial charge >= 0.3 is 0 Å². The standard InChI is InChI=1S/C15H19N5OS/c16-13(19-9-4-3-7-18-8-9)12(14(17)21)15-20-10-5-1-2-6-11(10)22-15/h1-2,5-6,9,12,18H,3-4,7-8H2,(H2,16,19)(H2,17,21).